The smallest absolute Gasteiger partial charge is 0.187 e. The Balaban J connectivity index is 1.19. The van der Waals surface area contributed by atoms with E-state index < -0.39 is 0 Å². The van der Waals surface area contributed by atoms with Gasteiger partial charge < -0.3 is 4.57 Å². The number of hydrogen-bond acceptors (Lipinski definition) is 6. The molecule has 0 unspecified atom stereocenters. The Labute approximate surface area is 363 Å². The molecule has 3 heterocycles. The average Bonchev–Trinajstić information content (AvgIpc) is 3.70. The van der Waals surface area contributed by atoms with Crippen LogP contribution in [0.2, 0.25) is 0 Å². The molecule has 0 aliphatic heterocycles. The van der Waals surface area contributed by atoms with Crippen LogP contribution in [0.3, 0.4) is 0 Å². The molecule has 0 fully saturated rings. The van der Waals surface area contributed by atoms with Crippen LogP contribution >= 0.6 is 0 Å². The highest BCUT2D eigenvalue weighted by Gasteiger charge is 2.22. The summed E-state index contributed by atoms with van der Waals surface area (Å²) in [4.78, 5) is 34.4. The number of para-hydroxylation sites is 1. The summed E-state index contributed by atoms with van der Waals surface area (Å²) < 4.78 is 2.29. The lowest BCUT2D eigenvalue weighted by atomic mass is 10.0. The molecule has 0 aliphatic rings. The summed E-state index contributed by atoms with van der Waals surface area (Å²) in [5, 5.41) is 2.17. The van der Waals surface area contributed by atoms with E-state index in [0.717, 1.165) is 72.0 Å². The summed E-state index contributed by atoms with van der Waals surface area (Å²) in [7, 11) is 0. The Hall–Kier alpha value is -8.93. The van der Waals surface area contributed by atoms with Crippen molar-refractivity contribution in [1.29, 1.82) is 0 Å². The van der Waals surface area contributed by atoms with Crippen molar-refractivity contribution in [2.75, 3.05) is 0 Å². The monoisotopic (exact) mass is 806 g/mol. The molecule has 11 rings (SSSR count). The van der Waals surface area contributed by atoms with Crippen molar-refractivity contribution in [3.63, 3.8) is 0 Å². The van der Waals surface area contributed by atoms with Gasteiger partial charge in [-0.1, -0.05) is 164 Å². The lowest BCUT2D eigenvalue weighted by molar-refractivity contribution is 1.06. The first kappa shape index (κ1) is 37.1. The predicted molar refractivity (Wildman–Crippen MR) is 252 cm³/mol. The number of fused-ring (bicyclic) bond motifs is 3. The van der Waals surface area contributed by atoms with Gasteiger partial charge in [0.1, 0.15) is 0 Å². The van der Waals surface area contributed by atoms with Gasteiger partial charge in [-0.05, 0) is 53.6 Å². The van der Waals surface area contributed by atoms with E-state index in [4.69, 9.17) is 36.5 Å². The highest BCUT2D eigenvalue weighted by molar-refractivity contribution is 6.11. The van der Waals surface area contributed by atoms with E-state index in [2.05, 4.69) is 76.1 Å². The summed E-state index contributed by atoms with van der Waals surface area (Å²) in [5.41, 5.74) is 10.6. The molecule has 3 aromatic heterocycles. The molecule has 0 atom stereocenters. The standard InChI is InChI=1S/C55H34N8/c1-56-43-26-16-25-40(33-43)41-29-31-48-45(34-41)44-27-14-15-28-47(44)63(48)49-32-30-42(54-59-50(36-17-6-2-7-18-36)57-51(60-54)37-19-8-3-9-20-37)35-46(49)55-61-52(38-21-10-4-11-22-38)58-53(62-55)39-23-12-5-13-24-39/h2-35H. The third kappa shape index (κ3) is 7.05. The molecule has 0 aliphatic carbocycles. The van der Waals surface area contributed by atoms with E-state index in [0.29, 0.717) is 40.6 Å². The van der Waals surface area contributed by atoms with Crippen LogP contribution in [-0.2, 0) is 0 Å². The highest BCUT2D eigenvalue weighted by Crippen LogP contribution is 2.40. The SMILES string of the molecule is [C-]#[N+]c1cccc(-c2ccc3c(c2)c2ccccc2n3-c2ccc(-c3nc(-c4ccccc4)nc(-c4ccccc4)n3)cc2-c2nc(-c3ccccc3)nc(-c3ccccc3)n2)c1. The average molecular weight is 807 g/mol. The summed E-state index contributed by atoms with van der Waals surface area (Å²) in [6, 6.07) is 69.0. The fourth-order valence-corrected chi connectivity index (χ4v) is 8.08. The number of hydrogen-bond donors (Lipinski definition) is 0. The van der Waals surface area contributed by atoms with Gasteiger partial charge in [0.15, 0.2) is 40.6 Å². The molecular weight excluding hydrogens is 773 g/mol. The van der Waals surface area contributed by atoms with Crippen LogP contribution in [-0.4, -0.2) is 34.5 Å². The Morgan fingerprint density at radius 3 is 1.29 bits per heavy atom. The Bertz CT molecular complexity index is 3390. The second-order valence-electron chi connectivity index (χ2n) is 15.1. The molecule has 8 nitrogen and oxygen atoms in total. The molecule has 8 heteroatoms. The number of benzene rings is 8. The molecule has 11 aromatic rings. The van der Waals surface area contributed by atoms with Gasteiger partial charge in [-0.2, -0.15) is 0 Å². The van der Waals surface area contributed by atoms with Gasteiger partial charge in [0, 0.05) is 44.2 Å². The van der Waals surface area contributed by atoms with Gasteiger partial charge in [0.25, 0.3) is 0 Å². The predicted octanol–water partition coefficient (Wildman–Crippen LogP) is 13.4. The zero-order valence-corrected chi connectivity index (χ0v) is 33.7. The number of aromatic nitrogens is 7. The number of rotatable bonds is 8. The van der Waals surface area contributed by atoms with Crippen molar-refractivity contribution in [1.82, 2.24) is 34.5 Å². The van der Waals surface area contributed by atoms with E-state index in [1.54, 1.807) is 0 Å². The molecule has 0 saturated heterocycles. The van der Waals surface area contributed by atoms with E-state index in [1.165, 1.54) is 0 Å². The maximum absolute atomic E-state index is 7.62. The first-order valence-corrected chi connectivity index (χ1v) is 20.6. The van der Waals surface area contributed by atoms with Gasteiger partial charge in [-0.25, -0.2) is 34.7 Å². The maximum atomic E-state index is 7.62. The Morgan fingerprint density at radius 2 is 0.746 bits per heavy atom. The molecule has 8 aromatic carbocycles. The molecule has 0 spiro atoms. The van der Waals surface area contributed by atoms with Crippen molar-refractivity contribution in [3.05, 3.63) is 218 Å². The van der Waals surface area contributed by atoms with E-state index in [9.17, 15) is 0 Å². The Morgan fingerprint density at radius 1 is 0.317 bits per heavy atom. The molecule has 0 bridgehead atoms. The van der Waals surface area contributed by atoms with Crippen LogP contribution in [0.1, 0.15) is 0 Å². The minimum atomic E-state index is 0.499. The lowest BCUT2D eigenvalue weighted by Gasteiger charge is -2.16. The van der Waals surface area contributed by atoms with Crippen LogP contribution in [0.15, 0.2) is 206 Å². The largest absolute Gasteiger partial charge is 0.309 e. The molecule has 0 amide bonds. The third-order valence-corrected chi connectivity index (χ3v) is 11.1. The lowest BCUT2D eigenvalue weighted by Crippen LogP contribution is -2.05. The van der Waals surface area contributed by atoms with Crippen molar-refractivity contribution in [3.8, 4) is 85.1 Å². The second-order valence-corrected chi connectivity index (χ2v) is 15.1. The first-order chi connectivity index (χ1) is 31.2. The van der Waals surface area contributed by atoms with Crippen molar-refractivity contribution >= 4 is 27.5 Å². The van der Waals surface area contributed by atoms with Gasteiger partial charge in [-0.3, -0.25) is 0 Å². The quantitative estimate of drug-likeness (QED) is 0.142. The summed E-state index contributed by atoms with van der Waals surface area (Å²) >= 11 is 0. The topological polar surface area (TPSA) is 86.6 Å². The molecule has 0 N–H and O–H groups in total. The third-order valence-electron chi connectivity index (χ3n) is 11.1. The van der Waals surface area contributed by atoms with Gasteiger partial charge in [-0.15, -0.1) is 0 Å². The number of nitrogens with zero attached hydrogens (tertiary/aromatic N) is 8. The van der Waals surface area contributed by atoms with E-state index in [-0.39, 0.29) is 0 Å². The zero-order valence-electron chi connectivity index (χ0n) is 33.7. The van der Waals surface area contributed by atoms with Crippen molar-refractivity contribution in [2.24, 2.45) is 0 Å². The van der Waals surface area contributed by atoms with Crippen LogP contribution in [0, 0.1) is 6.57 Å². The van der Waals surface area contributed by atoms with Crippen LogP contribution in [0.5, 0.6) is 0 Å². The van der Waals surface area contributed by atoms with Crippen molar-refractivity contribution in [2.45, 2.75) is 0 Å². The van der Waals surface area contributed by atoms with Gasteiger partial charge >= 0.3 is 0 Å². The van der Waals surface area contributed by atoms with E-state index in [1.807, 2.05) is 140 Å². The summed E-state index contributed by atoms with van der Waals surface area (Å²) in [6.45, 7) is 7.62. The van der Waals surface area contributed by atoms with E-state index >= 15 is 0 Å². The minimum Gasteiger partial charge on any atom is -0.309 e. The zero-order chi connectivity index (χ0) is 42.1. The minimum absolute atomic E-state index is 0.499. The van der Waals surface area contributed by atoms with Gasteiger partial charge in [0.2, 0.25) is 0 Å². The molecule has 0 saturated carbocycles. The highest BCUT2D eigenvalue weighted by atomic mass is 15.1. The van der Waals surface area contributed by atoms with Gasteiger partial charge in [0.05, 0.1) is 23.3 Å². The maximum Gasteiger partial charge on any atom is 0.187 e. The Kier molecular flexibility index (Phi) is 9.37. The first-order valence-electron chi connectivity index (χ1n) is 20.6. The van der Waals surface area contributed by atoms with Crippen molar-refractivity contribution < 1.29 is 0 Å². The second kappa shape index (κ2) is 15.9. The molecule has 294 valence electrons. The summed E-state index contributed by atoms with van der Waals surface area (Å²) in [5.74, 6) is 3.28. The fourth-order valence-electron chi connectivity index (χ4n) is 8.08. The van der Waals surface area contributed by atoms with Crippen LogP contribution < -0.4 is 0 Å². The molecule has 0 radical (unpaired) electrons. The fraction of sp³-hybridized carbons (Fsp3) is 0. The summed E-state index contributed by atoms with van der Waals surface area (Å²) in [6.07, 6.45) is 0. The van der Waals surface area contributed by atoms with Crippen LogP contribution in [0.25, 0.3) is 112 Å². The normalized spacial score (nSPS) is 11.2. The molecule has 63 heavy (non-hydrogen) atoms. The van der Waals surface area contributed by atoms with Crippen LogP contribution in [0.4, 0.5) is 5.69 Å². The molecular formula is C55H34N8.